The number of hydrogen-bond acceptors (Lipinski definition) is 5. The van der Waals surface area contributed by atoms with Crippen LogP contribution in [-0.2, 0) is 14.8 Å². The zero-order chi connectivity index (χ0) is 16.3. The van der Waals surface area contributed by atoms with Gasteiger partial charge in [-0.3, -0.25) is 0 Å². The smallest absolute Gasteiger partial charge is 0.338 e. The number of benzene rings is 1. The van der Waals surface area contributed by atoms with Gasteiger partial charge >= 0.3 is 5.97 Å². The number of esters is 1. The molecule has 0 atom stereocenters. The number of carbonyl (C=O) groups excluding carboxylic acids is 1. The van der Waals surface area contributed by atoms with E-state index in [0.29, 0.717) is 5.56 Å². The summed E-state index contributed by atoms with van der Waals surface area (Å²) in [5.41, 5.74) is 5.39. The molecule has 6 nitrogen and oxygen atoms in total. The highest BCUT2D eigenvalue weighted by Gasteiger charge is 2.29. The molecule has 9 heteroatoms. The largest absolute Gasteiger partial charge is 0.465 e. The third-order valence-corrected chi connectivity index (χ3v) is 4.13. The Hall–Kier alpha value is -1.58. The molecule has 0 aliphatic rings. The second-order valence-electron chi connectivity index (χ2n) is 4.35. The van der Waals surface area contributed by atoms with Gasteiger partial charge in [0.2, 0.25) is 10.0 Å². The zero-order valence-corrected chi connectivity index (χ0v) is 12.3. The van der Waals surface area contributed by atoms with Crippen LogP contribution in [0.15, 0.2) is 23.1 Å². The van der Waals surface area contributed by atoms with Crippen molar-refractivity contribution in [3.8, 4) is 0 Å². The first-order valence-corrected chi connectivity index (χ1v) is 7.38. The van der Waals surface area contributed by atoms with Gasteiger partial charge in [-0.25, -0.2) is 26.7 Å². The third-order valence-electron chi connectivity index (χ3n) is 2.73. The Morgan fingerprint density at radius 3 is 2.52 bits per heavy atom. The summed E-state index contributed by atoms with van der Waals surface area (Å²) in [5.74, 6) is -3.94. The Morgan fingerprint density at radius 1 is 1.43 bits per heavy atom. The van der Waals surface area contributed by atoms with Crippen molar-refractivity contribution in [1.82, 2.24) is 4.72 Å². The average Bonchev–Trinajstić information content (AvgIpc) is 2.44. The summed E-state index contributed by atoms with van der Waals surface area (Å²) in [7, 11) is -2.92. The molecule has 0 saturated carbocycles. The summed E-state index contributed by atoms with van der Waals surface area (Å²) < 4.78 is 56.1. The first-order valence-electron chi connectivity index (χ1n) is 5.89. The predicted molar refractivity (Wildman–Crippen MR) is 71.7 cm³/mol. The van der Waals surface area contributed by atoms with Crippen LogP contribution in [0.3, 0.4) is 0 Å². The Kier molecular flexibility index (Phi) is 5.37. The molecule has 3 N–H and O–H groups in total. The maximum absolute atomic E-state index is 13.0. The van der Waals surface area contributed by atoms with Gasteiger partial charge in [0.15, 0.2) is 0 Å². The molecule has 1 aromatic carbocycles. The molecule has 0 aliphatic heterocycles. The molecule has 1 rings (SSSR count). The van der Waals surface area contributed by atoms with Crippen molar-refractivity contribution < 1.29 is 26.7 Å². The van der Waals surface area contributed by atoms with Gasteiger partial charge in [0.25, 0.3) is 5.92 Å². The number of rotatable bonds is 6. The van der Waals surface area contributed by atoms with E-state index in [1.807, 2.05) is 0 Å². The Bertz CT molecular complexity index is 632. The molecule has 0 aromatic heterocycles. The molecular formula is C12H16F2N2O4S. The fourth-order valence-electron chi connectivity index (χ4n) is 1.50. The number of sulfonamides is 1. The van der Waals surface area contributed by atoms with E-state index in [-0.39, 0.29) is 10.5 Å². The van der Waals surface area contributed by atoms with Crippen LogP contribution in [0, 0.1) is 6.92 Å². The number of nitrogens with two attached hydrogens (primary N) is 1. The number of halogens is 2. The van der Waals surface area contributed by atoms with Crippen molar-refractivity contribution in [2.45, 2.75) is 17.7 Å². The number of nitrogens with one attached hydrogen (secondary N) is 1. The van der Waals surface area contributed by atoms with Crippen LogP contribution < -0.4 is 10.5 Å². The molecule has 0 radical (unpaired) electrons. The van der Waals surface area contributed by atoms with Crippen LogP contribution >= 0.6 is 0 Å². The SMILES string of the molecule is COC(=O)c1ccc(S(=O)(=O)NCC(F)(F)CN)cc1C. The standard InChI is InChI=1S/C12H16F2N2O4S/c1-8-5-9(3-4-10(8)11(17)20-2)21(18,19)16-7-12(13,14)6-15/h3-5,16H,6-7,15H2,1-2H3. The van der Waals surface area contributed by atoms with Gasteiger partial charge in [0, 0.05) is 0 Å². The summed E-state index contributed by atoms with van der Waals surface area (Å²) in [6.07, 6.45) is 0. The summed E-state index contributed by atoms with van der Waals surface area (Å²) >= 11 is 0. The van der Waals surface area contributed by atoms with Gasteiger partial charge < -0.3 is 10.5 Å². The minimum Gasteiger partial charge on any atom is -0.465 e. The molecule has 0 heterocycles. The highest BCUT2D eigenvalue weighted by Crippen LogP contribution is 2.17. The topological polar surface area (TPSA) is 98.5 Å². The maximum Gasteiger partial charge on any atom is 0.338 e. The number of hydrogen-bond donors (Lipinski definition) is 2. The van der Waals surface area contributed by atoms with Gasteiger partial charge in [-0.15, -0.1) is 0 Å². The molecule has 0 saturated heterocycles. The second kappa shape index (κ2) is 6.46. The summed E-state index contributed by atoms with van der Waals surface area (Å²) in [4.78, 5) is 11.2. The lowest BCUT2D eigenvalue weighted by atomic mass is 10.1. The van der Waals surface area contributed by atoms with E-state index < -0.39 is 35.0 Å². The highest BCUT2D eigenvalue weighted by atomic mass is 32.2. The van der Waals surface area contributed by atoms with E-state index in [0.717, 1.165) is 6.07 Å². The Balaban J connectivity index is 3.00. The summed E-state index contributed by atoms with van der Waals surface area (Å²) in [5, 5.41) is 0. The van der Waals surface area contributed by atoms with E-state index in [4.69, 9.17) is 5.73 Å². The number of ether oxygens (including phenoxy) is 1. The van der Waals surface area contributed by atoms with Crippen LogP contribution in [0.4, 0.5) is 8.78 Å². The highest BCUT2D eigenvalue weighted by molar-refractivity contribution is 7.89. The third kappa shape index (κ3) is 4.45. The van der Waals surface area contributed by atoms with Crippen LogP contribution in [0.5, 0.6) is 0 Å². The minimum atomic E-state index is -4.11. The number of aryl methyl sites for hydroxylation is 1. The molecule has 1 aromatic rings. The molecule has 0 fully saturated rings. The average molecular weight is 322 g/mol. The number of alkyl halides is 2. The fraction of sp³-hybridized carbons (Fsp3) is 0.417. The fourth-order valence-corrected chi connectivity index (χ4v) is 2.65. The molecule has 21 heavy (non-hydrogen) atoms. The summed E-state index contributed by atoms with van der Waals surface area (Å²) in [6.45, 7) is -0.542. The van der Waals surface area contributed by atoms with Crippen LogP contribution in [-0.4, -0.2) is 40.5 Å². The van der Waals surface area contributed by atoms with E-state index in [1.165, 1.54) is 26.2 Å². The van der Waals surface area contributed by atoms with Crippen molar-refractivity contribution in [2.24, 2.45) is 5.73 Å². The Morgan fingerprint density at radius 2 is 2.05 bits per heavy atom. The van der Waals surface area contributed by atoms with Crippen molar-refractivity contribution in [3.05, 3.63) is 29.3 Å². The van der Waals surface area contributed by atoms with Gasteiger partial charge in [0.05, 0.1) is 30.7 Å². The van der Waals surface area contributed by atoms with Gasteiger partial charge in [-0.1, -0.05) is 0 Å². The van der Waals surface area contributed by atoms with Gasteiger partial charge in [-0.05, 0) is 30.7 Å². The van der Waals surface area contributed by atoms with Crippen molar-refractivity contribution in [2.75, 3.05) is 20.2 Å². The maximum atomic E-state index is 13.0. The van der Waals surface area contributed by atoms with E-state index in [2.05, 4.69) is 4.74 Å². The number of methoxy groups -OCH3 is 1. The lowest BCUT2D eigenvalue weighted by molar-refractivity contribution is 0.0170. The van der Waals surface area contributed by atoms with Gasteiger partial charge in [-0.2, -0.15) is 0 Å². The van der Waals surface area contributed by atoms with Crippen molar-refractivity contribution in [3.63, 3.8) is 0 Å². The summed E-state index contributed by atoms with van der Waals surface area (Å²) in [6, 6.07) is 3.61. The first kappa shape index (κ1) is 17.5. The van der Waals surface area contributed by atoms with Crippen LogP contribution in [0.25, 0.3) is 0 Å². The normalized spacial score (nSPS) is 12.2. The van der Waals surface area contributed by atoms with Crippen LogP contribution in [0.1, 0.15) is 15.9 Å². The lowest BCUT2D eigenvalue weighted by Crippen LogP contribution is -2.41. The molecule has 118 valence electrons. The van der Waals surface area contributed by atoms with Crippen molar-refractivity contribution >= 4 is 16.0 Å². The zero-order valence-electron chi connectivity index (χ0n) is 11.5. The Labute approximate surface area is 121 Å². The van der Waals surface area contributed by atoms with E-state index >= 15 is 0 Å². The van der Waals surface area contributed by atoms with Gasteiger partial charge in [0.1, 0.15) is 0 Å². The predicted octanol–water partition coefficient (Wildman–Crippen LogP) is 0.654. The molecular weight excluding hydrogens is 306 g/mol. The lowest BCUT2D eigenvalue weighted by Gasteiger charge is -2.15. The quantitative estimate of drug-likeness (QED) is 0.750. The van der Waals surface area contributed by atoms with Crippen molar-refractivity contribution in [1.29, 1.82) is 0 Å². The van der Waals surface area contributed by atoms with E-state index in [1.54, 1.807) is 4.72 Å². The number of carbonyl (C=O) groups is 1. The molecule has 0 unspecified atom stereocenters. The monoisotopic (exact) mass is 322 g/mol. The molecule has 0 amide bonds. The van der Waals surface area contributed by atoms with Crippen LogP contribution in [0.2, 0.25) is 0 Å². The first-order chi connectivity index (χ1) is 9.63. The second-order valence-corrected chi connectivity index (χ2v) is 6.12. The minimum absolute atomic E-state index is 0.198. The molecule has 0 aliphatic carbocycles. The van der Waals surface area contributed by atoms with E-state index in [9.17, 15) is 22.0 Å². The molecule has 0 bridgehead atoms. The molecule has 0 spiro atoms.